The number of carbonyl (C=O) groups excluding carboxylic acids is 1. The fourth-order valence-electron chi connectivity index (χ4n) is 5.12. The van der Waals surface area contributed by atoms with Crippen LogP contribution in [0.2, 0.25) is 0 Å². The topological polar surface area (TPSA) is 96.2 Å². The van der Waals surface area contributed by atoms with Gasteiger partial charge in [0, 0.05) is 55.1 Å². The van der Waals surface area contributed by atoms with Crippen LogP contribution in [0.25, 0.3) is 5.82 Å². The van der Waals surface area contributed by atoms with Crippen LogP contribution in [0.3, 0.4) is 0 Å². The third kappa shape index (κ3) is 6.85. The van der Waals surface area contributed by atoms with E-state index in [9.17, 15) is 23.1 Å². The van der Waals surface area contributed by atoms with Gasteiger partial charge in [0.2, 0.25) is 0 Å². The van der Waals surface area contributed by atoms with Gasteiger partial charge in [-0.2, -0.15) is 23.0 Å². The Bertz CT molecular complexity index is 1600. The lowest BCUT2D eigenvalue weighted by Crippen LogP contribution is -2.22. The zero-order valence-corrected chi connectivity index (χ0v) is 23.7. The largest absolute Gasteiger partial charge is 0.416 e. The summed E-state index contributed by atoms with van der Waals surface area (Å²) >= 11 is 0. The molecule has 42 heavy (non-hydrogen) atoms. The number of β-amino-alcohol motifs (C(OH)–C–C–N with tert-alkyl or cyclic N) is 1. The molecule has 8 nitrogen and oxygen atoms in total. The minimum atomic E-state index is -4.58. The van der Waals surface area contributed by atoms with Gasteiger partial charge in [0.05, 0.1) is 17.4 Å². The van der Waals surface area contributed by atoms with Crippen molar-refractivity contribution in [3.63, 3.8) is 0 Å². The number of benzene rings is 2. The monoisotopic (exact) mass is 578 g/mol. The Morgan fingerprint density at radius 3 is 2.60 bits per heavy atom. The lowest BCUT2D eigenvalue weighted by molar-refractivity contribution is -0.137. The number of aliphatic hydroxyl groups is 1. The number of nitrogens with zero attached hydrogens (tertiary/aromatic N) is 5. The summed E-state index contributed by atoms with van der Waals surface area (Å²) in [4.78, 5) is 23.8. The molecule has 11 heteroatoms. The molecule has 5 rings (SSSR count). The highest BCUT2D eigenvalue weighted by molar-refractivity contribution is 5.98. The normalized spacial score (nSPS) is 15.7. The Morgan fingerprint density at radius 1 is 1.07 bits per heavy atom. The molecule has 0 bridgehead atoms. The Hall–Kier alpha value is -4.09. The SMILES string of the molecule is CCc1cc(-n2nc(C)cc2Nc2cc(CC(=O)c3cc(CN4CCC(O)C4)cc(C(F)(F)F)c3)ccc2C)ncn1. The number of halogens is 3. The van der Waals surface area contributed by atoms with Crippen molar-refractivity contribution in [2.45, 2.75) is 58.9 Å². The second kappa shape index (κ2) is 12.0. The van der Waals surface area contributed by atoms with E-state index >= 15 is 0 Å². The van der Waals surface area contributed by atoms with E-state index in [-0.39, 0.29) is 18.5 Å². The maximum absolute atomic E-state index is 13.7. The van der Waals surface area contributed by atoms with E-state index in [0.29, 0.717) is 42.3 Å². The van der Waals surface area contributed by atoms with Gasteiger partial charge in [0.25, 0.3) is 0 Å². The van der Waals surface area contributed by atoms with Gasteiger partial charge in [-0.1, -0.05) is 19.1 Å². The summed E-state index contributed by atoms with van der Waals surface area (Å²) in [6.07, 6.45) is -2.31. The van der Waals surface area contributed by atoms with Gasteiger partial charge in [0.15, 0.2) is 11.6 Å². The van der Waals surface area contributed by atoms with Gasteiger partial charge >= 0.3 is 6.18 Å². The molecule has 0 radical (unpaired) electrons. The van der Waals surface area contributed by atoms with Gasteiger partial charge < -0.3 is 10.4 Å². The minimum absolute atomic E-state index is 0.0128. The van der Waals surface area contributed by atoms with Crippen LogP contribution >= 0.6 is 0 Å². The average molecular weight is 579 g/mol. The Morgan fingerprint density at radius 2 is 1.88 bits per heavy atom. The first kappa shape index (κ1) is 29.4. The molecule has 0 aliphatic carbocycles. The van der Waals surface area contributed by atoms with Crippen LogP contribution < -0.4 is 5.32 Å². The van der Waals surface area contributed by atoms with Crippen LogP contribution in [-0.4, -0.2) is 54.7 Å². The maximum Gasteiger partial charge on any atom is 0.416 e. The number of aliphatic hydroxyl groups excluding tert-OH is 1. The molecular weight excluding hydrogens is 545 g/mol. The summed E-state index contributed by atoms with van der Waals surface area (Å²) in [7, 11) is 0. The van der Waals surface area contributed by atoms with E-state index in [1.54, 1.807) is 10.7 Å². The van der Waals surface area contributed by atoms with Crippen molar-refractivity contribution < 1.29 is 23.1 Å². The number of alkyl halides is 3. The van der Waals surface area contributed by atoms with E-state index in [2.05, 4.69) is 20.4 Å². The standard InChI is InChI=1S/C31H33F3N6O2/c1-4-25-15-29(36-18-35-25)40-30(9-20(3)38-40)37-27-12-21(6-5-19(27)2)13-28(42)23-10-22(11-24(14-23)31(32,33)34)16-39-8-7-26(41)17-39/h5-6,9-12,14-15,18,26,37,41H,4,7-8,13,16-17H2,1-3H3. The van der Waals surface area contributed by atoms with Crippen molar-refractivity contribution in [3.05, 3.63) is 94.1 Å². The third-order valence-corrected chi connectivity index (χ3v) is 7.35. The Labute approximate surface area is 242 Å². The molecule has 220 valence electrons. The van der Waals surface area contributed by atoms with Gasteiger partial charge in [-0.05, 0) is 67.6 Å². The molecule has 3 heterocycles. The molecule has 2 aromatic heterocycles. The summed E-state index contributed by atoms with van der Waals surface area (Å²) in [5, 5.41) is 17.8. The first-order valence-electron chi connectivity index (χ1n) is 13.9. The molecule has 1 atom stereocenters. The van der Waals surface area contributed by atoms with Crippen LogP contribution in [0.1, 0.15) is 57.3 Å². The van der Waals surface area contributed by atoms with Crippen molar-refractivity contribution in [1.82, 2.24) is 24.6 Å². The van der Waals surface area contributed by atoms with Crippen molar-refractivity contribution >= 4 is 17.3 Å². The molecule has 1 aliphatic rings. The summed E-state index contributed by atoms with van der Waals surface area (Å²) < 4.78 is 42.9. The van der Waals surface area contributed by atoms with Gasteiger partial charge in [0.1, 0.15) is 12.1 Å². The maximum atomic E-state index is 13.7. The summed E-state index contributed by atoms with van der Waals surface area (Å²) in [6.45, 7) is 7.04. The number of carbonyl (C=O) groups is 1. The lowest BCUT2D eigenvalue weighted by atomic mass is 9.97. The molecule has 2 aromatic carbocycles. The summed E-state index contributed by atoms with van der Waals surface area (Å²) in [5.41, 5.74) is 3.54. The highest BCUT2D eigenvalue weighted by Gasteiger charge is 2.32. The molecule has 1 saturated heterocycles. The predicted molar refractivity (Wildman–Crippen MR) is 153 cm³/mol. The van der Waals surface area contributed by atoms with Gasteiger partial charge in [-0.25, -0.2) is 9.97 Å². The first-order chi connectivity index (χ1) is 20.0. The summed E-state index contributed by atoms with van der Waals surface area (Å²) in [5.74, 6) is 0.882. The number of likely N-dealkylation sites (tertiary alicyclic amines) is 1. The number of aromatic nitrogens is 4. The average Bonchev–Trinajstić information content (AvgIpc) is 3.53. The molecule has 0 spiro atoms. The highest BCUT2D eigenvalue weighted by atomic mass is 19.4. The number of ketones is 1. The zero-order valence-electron chi connectivity index (χ0n) is 23.7. The second-order valence-electron chi connectivity index (χ2n) is 10.8. The quantitative estimate of drug-likeness (QED) is 0.250. The van der Waals surface area contributed by atoms with Crippen molar-refractivity contribution in [2.24, 2.45) is 0 Å². The second-order valence-corrected chi connectivity index (χ2v) is 10.8. The first-order valence-corrected chi connectivity index (χ1v) is 13.9. The number of rotatable bonds is 9. The van der Waals surface area contributed by atoms with E-state index in [0.717, 1.165) is 41.2 Å². The highest BCUT2D eigenvalue weighted by Crippen LogP contribution is 2.32. The number of hydrogen-bond acceptors (Lipinski definition) is 7. The molecule has 1 aliphatic heterocycles. The molecule has 4 aromatic rings. The number of aryl methyl sites for hydroxylation is 3. The fourth-order valence-corrected chi connectivity index (χ4v) is 5.12. The molecule has 2 N–H and O–H groups in total. The molecular formula is C31H33F3N6O2. The van der Waals surface area contributed by atoms with Crippen LogP contribution in [0.5, 0.6) is 0 Å². The van der Waals surface area contributed by atoms with E-state index in [1.807, 2.05) is 49.9 Å². The number of Topliss-reactive ketones (excluding diaryl/α,β-unsaturated/α-hetero) is 1. The molecule has 0 amide bonds. The predicted octanol–water partition coefficient (Wildman–Crippen LogP) is 5.60. The van der Waals surface area contributed by atoms with Crippen LogP contribution in [0.4, 0.5) is 24.7 Å². The number of nitrogens with one attached hydrogen (secondary N) is 1. The van der Waals surface area contributed by atoms with Gasteiger partial charge in [-0.15, -0.1) is 0 Å². The fraction of sp³-hybridized carbons (Fsp3) is 0.355. The van der Waals surface area contributed by atoms with E-state index in [4.69, 9.17) is 0 Å². The zero-order chi connectivity index (χ0) is 30.0. The van der Waals surface area contributed by atoms with Crippen LogP contribution in [0.15, 0.2) is 54.9 Å². The van der Waals surface area contributed by atoms with Crippen LogP contribution in [-0.2, 0) is 25.6 Å². The smallest absolute Gasteiger partial charge is 0.392 e. The number of anilines is 2. The Kier molecular flexibility index (Phi) is 8.42. The van der Waals surface area contributed by atoms with Crippen molar-refractivity contribution in [3.8, 4) is 5.82 Å². The van der Waals surface area contributed by atoms with E-state index < -0.39 is 23.6 Å². The molecule has 1 fully saturated rings. The minimum Gasteiger partial charge on any atom is -0.392 e. The molecule has 1 unspecified atom stereocenters. The number of hydrogen-bond donors (Lipinski definition) is 2. The van der Waals surface area contributed by atoms with Crippen LogP contribution in [0, 0.1) is 13.8 Å². The van der Waals surface area contributed by atoms with Crippen molar-refractivity contribution in [2.75, 3.05) is 18.4 Å². The Balaban J connectivity index is 1.39. The summed E-state index contributed by atoms with van der Waals surface area (Å²) in [6, 6.07) is 12.8. The van der Waals surface area contributed by atoms with Crippen molar-refractivity contribution in [1.29, 1.82) is 0 Å². The third-order valence-electron chi connectivity index (χ3n) is 7.35. The lowest BCUT2D eigenvalue weighted by Gasteiger charge is -2.18. The molecule has 0 saturated carbocycles. The van der Waals surface area contributed by atoms with E-state index in [1.165, 1.54) is 12.4 Å². The van der Waals surface area contributed by atoms with Gasteiger partial charge in [-0.3, -0.25) is 9.69 Å².